The third-order valence-electron chi connectivity index (χ3n) is 3.88. The molecule has 0 atom stereocenters. The Bertz CT molecular complexity index is 663. The van der Waals surface area contributed by atoms with Crippen molar-refractivity contribution in [3.8, 4) is 5.69 Å². The van der Waals surface area contributed by atoms with Gasteiger partial charge in [-0.25, -0.2) is 4.68 Å². The number of aliphatic imine (C=N–C) groups is 1. The fraction of sp³-hybridized carbons (Fsp3) is 0.474. The molecular weight excluding hydrogens is 314 g/mol. The summed E-state index contributed by atoms with van der Waals surface area (Å²) in [6, 6.07) is 10.1. The lowest BCUT2D eigenvalue weighted by molar-refractivity contribution is 0.0310. The number of hydrogen-bond acceptors (Lipinski definition) is 3. The van der Waals surface area contributed by atoms with E-state index in [9.17, 15) is 0 Å². The van der Waals surface area contributed by atoms with Gasteiger partial charge in [0.05, 0.1) is 24.0 Å². The Balaban J connectivity index is 1.87. The second-order valence-corrected chi connectivity index (χ2v) is 6.46. The van der Waals surface area contributed by atoms with Gasteiger partial charge in [0.25, 0.3) is 0 Å². The minimum Gasteiger partial charge on any atom is -0.377 e. The number of para-hydroxylation sites is 1. The third kappa shape index (κ3) is 6.23. The quantitative estimate of drug-likeness (QED) is 0.571. The second-order valence-electron chi connectivity index (χ2n) is 6.46. The van der Waals surface area contributed by atoms with Crippen LogP contribution in [0, 0.1) is 0 Å². The molecule has 6 nitrogen and oxygen atoms in total. The average Bonchev–Trinajstić information content (AvgIpc) is 3.09. The smallest absolute Gasteiger partial charge is 0.191 e. The van der Waals surface area contributed by atoms with Crippen molar-refractivity contribution in [1.82, 2.24) is 20.4 Å². The van der Waals surface area contributed by atoms with Crippen molar-refractivity contribution in [3.05, 3.63) is 48.3 Å². The molecule has 0 amide bonds. The van der Waals surface area contributed by atoms with Crippen molar-refractivity contribution < 1.29 is 4.74 Å². The van der Waals surface area contributed by atoms with Gasteiger partial charge in [-0.3, -0.25) is 4.99 Å². The monoisotopic (exact) mass is 343 g/mol. The molecule has 2 aromatic rings. The van der Waals surface area contributed by atoms with Crippen LogP contribution in [0.15, 0.2) is 47.7 Å². The number of ether oxygens (including phenoxy) is 1. The van der Waals surface area contributed by atoms with Crippen LogP contribution in [0.25, 0.3) is 5.69 Å². The highest BCUT2D eigenvalue weighted by atomic mass is 16.5. The van der Waals surface area contributed by atoms with E-state index in [2.05, 4.69) is 33.8 Å². The summed E-state index contributed by atoms with van der Waals surface area (Å²) in [4.78, 5) is 4.59. The van der Waals surface area contributed by atoms with Gasteiger partial charge in [0, 0.05) is 26.4 Å². The molecule has 2 N–H and O–H groups in total. The number of guanidine groups is 1. The number of methoxy groups -OCH3 is 1. The molecule has 0 bridgehead atoms. The van der Waals surface area contributed by atoms with Crippen LogP contribution in [0.4, 0.5) is 0 Å². The van der Waals surface area contributed by atoms with Crippen molar-refractivity contribution in [2.45, 2.75) is 32.8 Å². The van der Waals surface area contributed by atoms with Crippen molar-refractivity contribution in [2.75, 3.05) is 26.7 Å². The molecule has 0 radical (unpaired) electrons. The van der Waals surface area contributed by atoms with Gasteiger partial charge in [-0.05, 0) is 44.9 Å². The summed E-state index contributed by atoms with van der Waals surface area (Å²) in [7, 11) is 1.71. The standard InChI is InChI=1S/C19H29N5O/c1-5-20-18(22-15-19(2,3)25-4)21-12-11-16-13-23-24(14-16)17-9-7-6-8-10-17/h6-10,13-14H,5,11-12,15H2,1-4H3,(H2,20,21,22). The van der Waals surface area contributed by atoms with Gasteiger partial charge in [-0.15, -0.1) is 0 Å². The van der Waals surface area contributed by atoms with E-state index >= 15 is 0 Å². The first-order valence-corrected chi connectivity index (χ1v) is 8.70. The first kappa shape index (κ1) is 19.0. The highest BCUT2D eigenvalue weighted by Gasteiger charge is 2.15. The summed E-state index contributed by atoms with van der Waals surface area (Å²) in [5, 5.41) is 11.0. The minimum absolute atomic E-state index is 0.265. The van der Waals surface area contributed by atoms with E-state index in [1.165, 1.54) is 5.56 Å². The molecule has 0 aliphatic carbocycles. The van der Waals surface area contributed by atoms with Crippen LogP contribution in [-0.2, 0) is 11.2 Å². The molecule has 1 aromatic carbocycles. The SMILES string of the molecule is CCNC(=NCC(C)(C)OC)NCCc1cnn(-c2ccccc2)c1. The van der Waals surface area contributed by atoms with E-state index in [0.717, 1.165) is 31.2 Å². The maximum absolute atomic E-state index is 5.41. The molecule has 2 rings (SSSR count). The largest absolute Gasteiger partial charge is 0.377 e. The summed E-state index contributed by atoms with van der Waals surface area (Å²) in [6.07, 6.45) is 4.85. The van der Waals surface area contributed by atoms with Crippen LogP contribution >= 0.6 is 0 Å². The van der Waals surface area contributed by atoms with Gasteiger partial charge in [0.1, 0.15) is 0 Å². The molecule has 0 aliphatic heterocycles. The molecule has 136 valence electrons. The molecule has 0 saturated carbocycles. The van der Waals surface area contributed by atoms with Crippen LogP contribution in [0.2, 0.25) is 0 Å². The van der Waals surface area contributed by atoms with Crippen LogP contribution in [-0.4, -0.2) is 48.1 Å². The molecule has 1 aromatic heterocycles. The number of benzene rings is 1. The number of nitrogens with zero attached hydrogens (tertiary/aromatic N) is 3. The van der Waals surface area contributed by atoms with Crippen LogP contribution in [0.1, 0.15) is 26.3 Å². The minimum atomic E-state index is -0.265. The van der Waals surface area contributed by atoms with Gasteiger partial charge in [0.15, 0.2) is 5.96 Å². The van der Waals surface area contributed by atoms with Crippen molar-refractivity contribution >= 4 is 5.96 Å². The molecule has 6 heteroatoms. The molecular formula is C19H29N5O. The maximum atomic E-state index is 5.41. The van der Waals surface area contributed by atoms with Crippen molar-refractivity contribution in [2.24, 2.45) is 4.99 Å². The molecule has 0 unspecified atom stereocenters. The van der Waals surface area contributed by atoms with Gasteiger partial charge in [-0.2, -0.15) is 5.10 Å². The summed E-state index contributed by atoms with van der Waals surface area (Å²) in [5.74, 6) is 0.808. The van der Waals surface area contributed by atoms with Crippen LogP contribution < -0.4 is 10.6 Å². The Morgan fingerprint density at radius 1 is 1.24 bits per heavy atom. The molecule has 0 aliphatic rings. The van der Waals surface area contributed by atoms with E-state index in [4.69, 9.17) is 4.74 Å². The lowest BCUT2D eigenvalue weighted by Gasteiger charge is -2.21. The van der Waals surface area contributed by atoms with E-state index in [1.807, 2.05) is 55.1 Å². The molecule has 25 heavy (non-hydrogen) atoms. The zero-order valence-electron chi connectivity index (χ0n) is 15.6. The number of hydrogen-bond donors (Lipinski definition) is 2. The summed E-state index contributed by atoms with van der Waals surface area (Å²) in [5.41, 5.74) is 1.99. The van der Waals surface area contributed by atoms with Crippen LogP contribution in [0.5, 0.6) is 0 Å². The van der Waals surface area contributed by atoms with E-state index in [1.54, 1.807) is 7.11 Å². The zero-order valence-corrected chi connectivity index (χ0v) is 15.6. The van der Waals surface area contributed by atoms with Gasteiger partial charge < -0.3 is 15.4 Å². The topological polar surface area (TPSA) is 63.5 Å². The van der Waals surface area contributed by atoms with Gasteiger partial charge >= 0.3 is 0 Å². The second kappa shape index (κ2) is 9.22. The van der Waals surface area contributed by atoms with E-state index in [-0.39, 0.29) is 5.60 Å². The zero-order chi connectivity index (χ0) is 18.1. The number of rotatable bonds is 8. The highest BCUT2D eigenvalue weighted by Crippen LogP contribution is 2.08. The van der Waals surface area contributed by atoms with Crippen LogP contribution in [0.3, 0.4) is 0 Å². The molecule has 0 spiro atoms. The van der Waals surface area contributed by atoms with E-state index in [0.29, 0.717) is 6.54 Å². The maximum Gasteiger partial charge on any atom is 0.191 e. The van der Waals surface area contributed by atoms with Gasteiger partial charge in [-0.1, -0.05) is 18.2 Å². The van der Waals surface area contributed by atoms with Crippen molar-refractivity contribution in [3.63, 3.8) is 0 Å². The average molecular weight is 343 g/mol. The first-order valence-electron chi connectivity index (χ1n) is 8.70. The Morgan fingerprint density at radius 2 is 2.00 bits per heavy atom. The molecule has 1 heterocycles. The number of aromatic nitrogens is 2. The molecule has 0 fully saturated rings. The Kier molecular flexibility index (Phi) is 7.01. The lowest BCUT2D eigenvalue weighted by Crippen LogP contribution is -2.40. The first-order chi connectivity index (χ1) is 12.0. The summed E-state index contributed by atoms with van der Waals surface area (Å²) < 4.78 is 7.31. The Morgan fingerprint density at radius 3 is 2.68 bits per heavy atom. The summed E-state index contributed by atoms with van der Waals surface area (Å²) >= 11 is 0. The van der Waals surface area contributed by atoms with Gasteiger partial charge in [0.2, 0.25) is 0 Å². The highest BCUT2D eigenvalue weighted by molar-refractivity contribution is 5.79. The lowest BCUT2D eigenvalue weighted by atomic mass is 10.1. The fourth-order valence-corrected chi connectivity index (χ4v) is 2.21. The third-order valence-corrected chi connectivity index (χ3v) is 3.88. The normalized spacial score (nSPS) is 12.2. The predicted octanol–water partition coefficient (Wildman–Crippen LogP) is 2.39. The number of nitrogens with one attached hydrogen (secondary N) is 2. The molecule has 0 saturated heterocycles. The van der Waals surface area contributed by atoms with Crippen molar-refractivity contribution in [1.29, 1.82) is 0 Å². The fourth-order valence-electron chi connectivity index (χ4n) is 2.21. The van der Waals surface area contributed by atoms with E-state index < -0.39 is 0 Å². The Hall–Kier alpha value is -2.34. The Labute approximate surface area is 150 Å². The summed E-state index contributed by atoms with van der Waals surface area (Å²) in [6.45, 7) is 8.33. The predicted molar refractivity (Wildman–Crippen MR) is 102 cm³/mol.